The Labute approximate surface area is 149 Å². The highest BCUT2D eigenvalue weighted by Gasteiger charge is 2.23. The Morgan fingerprint density at radius 1 is 0.920 bits per heavy atom. The van der Waals surface area contributed by atoms with Crippen LogP contribution in [0.5, 0.6) is 0 Å². The topological polar surface area (TPSA) is 46.6 Å². The SMILES string of the molecule is CCN(C(=O)c1ccccc1)C(C)CC(C)OC(=O)c1ccccc1. The first-order chi connectivity index (χ1) is 12.0. The zero-order chi connectivity index (χ0) is 18.2. The first-order valence-corrected chi connectivity index (χ1v) is 8.65. The average molecular weight is 339 g/mol. The molecule has 0 aliphatic carbocycles. The van der Waals surface area contributed by atoms with E-state index in [9.17, 15) is 9.59 Å². The molecule has 2 aromatic rings. The molecule has 2 aromatic carbocycles. The number of ether oxygens (including phenoxy) is 1. The Balaban J connectivity index is 1.95. The summed E-state index contributed by atoms with van der Waals surface area (Å²) in [7, 11) is 0. The molecule has 0 bridgehead atoms. The number of nitrogens with zero attached hydrogens (tertiary/aromatic N) is 1. The second kappa shape index (κ2) is 9.02. The Bertz CT molecular complexity index is 685. The van der Waals surface area contributed by atoms with Crippen molar-refractivity contribution in [3.05, 3.63) is 71.8 Å². The maximum absolute atomic E-state index is 12.7. The van der Waals surface area contributed by atoms with E-state index in [1.165, 1.54) is 0 Å². The van der Waals surface area contributed by atoms with Gasteiger partial charge >= 0.3 is 5.97 Å². The minimum atomic E-state index is -0.335. The van der Waals surface area contributed by atoms with Crippen molar-refractivity contribution in [2.75, 3.05) is 6.54 Å². The van der Waals surface area contributed by atoms with Crippen LogP contribution >= 0.6 is 0 Å². The van der Waals surface area contributed by atoms with Crippen molar-refractivity contribution < 1.29 is 14.3 Å². The van der Waals surface area contributed by atoms with E-state index >= 15 is 0 Å². The summed E-state index contributed by atoms with van der Waals surface area (Å²) in [6.07, 6.45) is 0.311. The van der Waals surface area contributed by atoms with Gasteiger partial charge in [0.15, 0.2) is 0 Å². The smallest absolute Gasteiger partial charge is 0.338 e. The molecular weight excluding hydrogens is 314 g/mol. The van der Waals surface area contributed by atoms with Crippen LogP contribution in [0.25, 0.3) is 0 Å². The van der Waals surface area contributed by atoms with Crippen LogP contribution in [0.4, 0.5) is 0 Å². The van der Waals surface area contributed by atoms with Crippen molar-refractivity contribution in [1.82, 2.24) is 4.90 Å². The fraction of sp³-hybridized carbons (Fsp3) is 0.333. The van der Waals surface area contributed by atoms with E-state index in [-0.39, 0.29) is 24.0 Å². The first-order valence-electron chi connectivity index (χ1n) is 8.65. The Morgan fingerprint density at radius 3 is 1.96 bits per heavy atom. The first kappa shape index (κ1) is 18.7. The van der Waals surface area contributed by atoms with Gasteiger partial charge in [0.25, 0.3) is 5.91 Å². The molecule has 0 aliphatic rings. The highest BCUT2D eigenvalue weighted by molar-refractivity contribution is 5.94. The van der Waals surface area contributed by atoms with E-state index in [4.69, 9.17) is 4.74 Å². The van der Waals surface area contributed by atoms with Gasteiger partial charge in [0.05, 0.1) is 5.56 Å². The monoisotopic (exact) mass is 339 g/mol. The summed E-state index contributed by atoms with van der Waals surface area (Å²) >= 11 is 0. The Kier molecular flexibility index (Phi) is 6.75. The van der Waals surface area contributed by atoms with Crippen molar-refractivity contribution in [1.29, 1.82) is 0 Å². The molecule has 2 rings (SSSR count). The summed E-state index contributed by atoms with van der Waals surface area (Å²) < 4.78 is 5.51. The van der Waals surface area contributed by atoms with E-state index in [2.05, 4.69) is 0 Å². The summed E-state index contributed by atoms with van der Waals surface area (Å²) in [4.78, 5) is 26.6. The number of esters is 1. The lowest BCUT2D eigenvalue weighted by Gasteiger charge is -2.30. The number of hydrogen-bond donors (Lipinski definition) is 0. The molecule has 132 valence electrons. The zero-order valence-electron chi connectivity index (χ0n) is 15.0. The van der Waals surface area contributed by atoms with E-state index < -0.39 is 0 Å². The predicted octanol–water partition coefficient (Wildman–Crippen LogP) is 4.17. The molecule has 2 atom stereocenters. The maximum atomic E-state index is 12.7. The molecule has 2 unspecified atom stereocenters. The van der Waals surface area contributed by atoms with E-state index in [0.717, 1.165) is 0 Å². The molecule has 0 saturated heterocycles. The third kappa shape index (κ3) is 5.18. The van der Waals surface area contributed by atoms with Crippen LogP contribution in [0.15, 0.2) is 60.7 Å². The molecule has 0 fully saturated rings. The average Bonchev–Trinajstić information content (AvgIpc) is 2.63. The molecule has 0 aliphatic heterocycles. The molecule has 0 saturated carbocycles. The van der Waals surface area contributed by atoms with Gasteiger partial charge in [0.2, 0.25) is 0 Å². The van der Waals surface area contributed by atoms with Crippen molar-refractivity contribution in [3.8, 4) is 0 Å². The van der Waals surface area contributed by atoms with Crippen molar-refractivity contribution in [3.63, 3.8) is 0 Å². The molecule has 4 nitrogen and oxygen atoms in total. The maximum Gasteiger partial charge on any atom is 0.338 e. The van der Waals surface area contributed by atoms with Crippen molar-refractivity contribution in [2.24, 2.45) is 0 Å². The van der Waals surface area contributed by atoms with Gasteiger partial charge in [0, 0.05) is 24.6 Å². The summed E-state index contributed by atoms with van der Waals surface area (Å²) in [5.41, 5.74) is 1.21. The van der Waals surface area contributed by atoms with Gasteiger partial charge in [-0.05, 0) is 45.0 Å². The number of rotatable bonds is 7. The molecule has 1 amide bonds. The molecular formula is C21H25NO3. The lowest BCUT2D eigenvalue weighted by molar-refractivity contribution is 0.0258. The summed E-state index contributed by atoms with van der Waals surface area (Å²) in [5, 5.41) is 0. The number of amides is 1. The lowest BCUT2D eigenvalue weighted by Crippen LogP contribution is -2.40. The van der Waals surface area contributed by atoms with Gasteiger partial charge in [0.1, 0.15) is 6.10 Å². The number of carbonyl (C=O) groups is 2. The number of carbonyl (C=O) groups excluding carboxylic acids is 2. The molecule has 25 heavy (non-hydrogen) atoms. The molecule has 0 heterocycles. The zero-order valence-corrected chi connectivity index (χ0v) is 15.0. The quantitative estimate of drug-likeness (QED) is 0.711. The standard InChI is InChI=1S/C21H25NO3/c1-4-22(20(23)18-11-7-5-8-12-18)16(2)15-17(3)25-21(24)19-13-9-6-10-14-19/h5-14,16-17H,4,15H2,1-3H3. The number of hydrogen-bond acceptors (Lipinski definition) is 3. The molecule has 0 aromatic heterocycles. The van der Waals surface area contributed by atoms with Gasteiger partial charge in [-0.1, -0.05) is 36.4 Å². The largest absolute Gasteiger partial charge is 0.459 e. The normalized spacial score (nSPS) is 12.9. The second-order valence-corrected chi connectivity index (χ2v) is 6.12. The van der Waals surface area contributed by atoms with Crippen LogP contribution < -0.4 is 0 Å². The van der Waals surface area contributed by atoms with Crippen LogP contribution in [0.1, 0.15) is 47.9 Å². The van der Waals surface area contributed by atoms with E-state index in [1.807, 2.05) is 62.1 Å². The minimum Gasteiger partial charge on any atom is -0.459 e. The lowest BCUT2D eigenvalue weighted by atomic mass is 10.1. The van der Waals surface area contributed by atoms with Crippen LogP contribution in [0.2, 0.25) is 0 Å². The van der Waals surface area contributed by atoms with Gasteiger partial charge in [-0.3, -0.25) is 4.79 Å². The van der Waals surface area contributed by atoms with E-state index in [1.54, 1.807) is 24.3 Å². The van der Waals surface area contributed by atoms with Crippen LogP contribution in [-0.2, 0) is 4.74 Å². The van der Waals surface area contributed by atoms with Gasteiger partial charge in [-0.15, -0.1) is 0 Å². The highest BCUT2D eigenvalue weighted by Crippen LogP contribution is 2.15. The third-order valence-electron chi connectivity index (χ3n) is 4.15. The molecule has 0 radical (unpaired) electrons. The Morgan fingerprint density at radius 2 is 1.44 bits per heavy atom. The van der Waals surface area contributed by atoms with Crippen molar-refractivity contribution in [2.45, 2.75) is 39.3 Å². The Hall–Kier alpha value is -2.62. The summed E-state index contributed by atoms with van der Waals surface area (Å²) in [6.45, 7) is 6.40. The third-order valence-corrected chi connectivity index (χ3v) is 4.15. The highest BCUT2D eigenvalue weighted by atomic mass is 16.5. The van der Waals surface area contributed by atoms with Gasteiger partial charge in [-0.2, -0.15) is 0 Å². The van der Waals surface area contributed by atoms with Crippen molar-refractivity contribution >= 4 is 11.9 Å². The second-order valence-electron chi connectivity index (χ2n) is 6.12. The fourth-order valence-electron chi connectivity index (χ4n) is 2.88. The van der Waals surface area contributed by atoms with Crippen LogP contribution in [-0.4, -0.2) is 35.5 Å². The van der Waals surface area contributed by atoms with E-state index in [0.29, 0.717) is 24.1 Å². The summed E-state index contributed by atoms with van der Waals surface area (Å²) in [5.74, 6) is -0.338. The molecule has 0 spiro atoms. The van der Waals surface area contributed by atoms with Crippen LogP contribution in [0, 0.1) is 0 Å². The van der Waals surface area contributed by atoms with Gasteiger partial charge < -0.3 is 9.64 Å². The molecule has 4 heteroatoms. The fourth-order valence-corrected chi connectivity index (χ4v) is 2.88. The summed E-state index contributed by atoms with van der Waals surface area (Å²) in [6, 6.07) is 18.1. The number of benzene rings is 2. The minimum absolute atomic E-state index is 0.00261. The van der Waals surface area contributed by atoms with Crippen LogP contribution in [0.3, 0.4) is 0 Å². The van der Waals surface area contributed by atoms with Gasteiger partial charge in [-0.25, -0.2) is 4.79 Å². The molecule has 0 N–H and O–H groups in total. The predicted molar refractivity (Wildman–Crippen MR) is 98.6 cm³/mol.